The molecule has 1 atom stereocenters. The van der Waals surface area contributed by atoms with Crippen LogP contribution in [-0.4, -0.2) is 16.7 Å². The van der Waals surface area contributed by atoms with E-state index in [0.717, 1.165) is 24.4 Å². The topological polar surface area (TPSA) is 51.0 Å². The number of rotatable bonds is 2. The van der Waals surface area contributed by atoms with Crippen molar-refractivity contribution in [3.05, 3.63) is 33.2 Å². The molecule has 0 saturated carbocycles. The molecule has 1 aromatic heterocycles. The molecule has 1 aliphatic heterocycles. The predicted molar refractivity (Wildman–Crippen MR) is 77.2 cm³/mol. The quantitative estimate of drug-likeness (QED) is 0.842. The Bertz CT molecular complexity index is 561. The van der Waals surface area contributed by atoms with E-state index in [1.807, 2.05) is 12.1 Å². The van der Waals surface area contributed by atoms with Gasteiger partial charge in [-0.25, -0.2) is 0 Å². The van der Waals surface area contributed by atoms with Crippen molar-refractivity contribution >= 4 is 22.6 Å². The second kappa shape index (κ2) is 4.97. The standard InChI is InChI=1S/C13H14IN3O/c1-8-4-2-5-9(11(8)14)13-16-12(17-18-13)10-6-3-7-15-10/h2,4-5,10,15H,3,6-7H2,1H3. The number of hydrogen-bond donors (Lipinski definition) is 1. The Morgan fingerprint density at radius 2 is 2.33 bits per heavy atom. The van der Waals surface area contributed by atoms with Crippen LogP contribution in [0.5, 0.6) is 0 Å². The summed E-state index contributed by atoms with van der Waals surface area (Å²) in [4.78, 5) is 4.52. The lowest BCUT2D eigenvalue weighted by Gasteiger charge is -2.03. The minimum atomic E-state index is 0.255. The van der Waals surface area contributed by atoms with E-state index in [4.69, 9.17) is 4.52 Å². The molecule has 0 spiro atoms. The molecule has 0 aliphatic carbocycles. The van der Waals surface area contributed by atoms with Crippen molar-refractivity contribution in [2.75, 3.05) is 6.54 Å². The van der Waals surface area contributed by atoms with Crippen LogP contribution in [0.15, 0.2) is 22.7 Å². The van der Waals surface area contributed by atoms with Gasteiger partial charge in [-0.05, 0) is 60.5 Å². The van der Waals surface area contributed by atoms with Crippen LogP contribution in [-0.2, 0) is 0 Å². The first-order chi connectivity index (χ1) is 8.75. The fourth-order valence-electron chi connectivity index (χ4n) is 2.20. The Morgan fingerprint density at radius 3 is 3.11 bits per heavy atom. The molecule has 5 heteroatoms. The summed E-state index contributed by atoms with van der Waals surface area (Å²) >= 11 is 2.32. The molecule has 1 aromatic carbocycles. The first-order valence-electron chi connectivity index (χ1n) is 6.08. The molecule has 4 nitrogen and oxygen atoms in total. The lowest BCUT2D eigenvalue weighted by atomic mass is 10.1. The van der Waals surface area contributed by atoms with Crippen molar-refractivity contribution < 1.29 is 4.52 Å². The predicted octanol–water partition coefficient (Wildman–Crippen LogP) is 3.07. The van der Waals surface area contributed by atoms with Gasteiger partial charge < -0.3 is 9.84 Å². The highest BCUT2D eigenvalue weighted by atomic mass is 127. The van der Waals surface area contributed by atoms with Crippen molar-refractivity contribution in [1.29, 1.82) is 0 Å². The highest BCUT2D eigenvalue weighted by Gasteiger charge is 2.22. The number of aromatic nitrogens is 2. The molecule has 0 amide bonds. The Labute approximate surface area is 119 Å². The van der Waals surface area contributed by atoms with Crippen LogP contribution >= 0.6 is 22.6 Å². The summed E-state index contributed by atoms with van der Waals surface area (Å²) in [6, 6.07) is 6.38. The third-order valence-electron chi connectivity index (χ3n) is 3.24. The molecule has 18 heavy (non-hydrogen) atoms. The highest BCUT2D eigenvalue weighted by molar-refractivity contribution is 14.1. The molecule has 2 aromatic rings. The van der Waals surface area contributed by atoms with E-state index >= 15 is 0 Å². The summed E-state index contributed by atoms with van der Waals surface area (Å²) in [5, 5.41) is 7.47. The number of nitrogens with one attached hydrogen (secondary N) is 1. The van der Waals surface area contributed by atoms with Gasteiger partial charge in [-0.3, -0.25) is 0 Å². The Hall–Kier alpha value is -0.950. The van der Waals surface area contributed by atoms with E-state index in [1.165, 1.54) is 15.6 Å². The van der Waals surface area contributed by atoms with Gasteiger partial charge >= 0.3 is 0 Å². The molecule has 0 bridgehead atoms. The first-order valence-corrected chi connectivity index (χ1v) is 7.16. The minimum absolute atomic E-state index is 0.255. The van der Waals surface area contributed by atoms with Crippen LogP contribution in [0.2, 0.25) is 0 Å². The zero-order valence-corrected chi connectivity index (χ0v) is 12.3. The monoisotopic (exact) mass is 355 g/mol. The maximum Gasteiger partial charge on any atom is 0.259 e. The third kappa shape index (κ3) is 2.16. The number of hydrogen-bond acceptors (Lipinski definition) is 4. The van der Waals surface area contributed by atoms with E-state index in [-0.39, 0.29) is 6.04 Å². The fraction of sp³-hybridized carbons (Fsp3) is 0.385. The summed E-state index contributed by atoms with van der Waals surface area (Å²) in [5.41, 5.74) is 2.25. The number of nitrogens with zero attached hydrogens (tertiary/aromatic N) is 2. The average Bonchev–Trinajstić information content (AvgIpc) is 3.01. The summed E-state index contributed by atoms with van der Waals surface area (Å²) in [6.07, 6.45) is 2.26. The van der Waals surface area contributed by atoms with E-state index < -0.39 is 0 Å². The number of aryl methyl sites for hydroxylation is 1. The van der Waals surface area contributed by atoms with Crippen molar-refractivity contribution in [1.82, 2.24) is 15.5 Å². The van der Waals surface area contributed by atoms with E-state index in [1.54, 1.807) is 0 Å². The lowest BCUT2D eigenvalue weighted by Crippen LogP contribution is -2.14. The van der Waals surface area contributed by atoms with Crippen molar-refractivity contribution in [3.63, 3.8) is 0 Å². The maximum atomic E-state index is 5.39. The summed E-state index contributed by atoms with van der Waals surface area (Å²) in [7, 11) is 0. The molecule has 3 rings (SSSR count). The largest absolute Gasteiger partial charge is 0.334 e. The van der Waals surface area contributed by atoms with Gasteiger partial charge in [-0.2, -0.15) is 4.98 Å². The van der Waals surface area contributed by atoms with Gasteiger partial charge in [0, 0.05) is 3.57 Å². The molecule has 0 radical (unpaired) electrons. The smallest absolute Gasteiger partial charge is 0.259 e. The molecule has 1 unspecified atom stereocenters. The number of halogens is 1. The van der Waals surface area contributed by atoms with E-state index in [0.29, 0.717) is 5.89 Å². The highest BCUT2D eigenvalue weighted by Crippen LogP contribution is 2.28. The normalized spacial score (nSPS) is 19.3. The number of benzene rings is 1. The van der Waals surface area contributed by atoms with Crippen molar-refractivity contribution in [3.8, 4) is 11.5 Å². The summed E-state index contributed by atoms with van der Waals surface area (Å²) in [6.45, 7) is 3.12. The van der Waals surface area contributed by atoms with Gasteiger partial charge in [0.15, 0.2) is 5.82 Å². The van der Waals surface area contributed by atoms with Gasteiger partial charge in [0.2, 0.25) is 0 Å². The molecule has 1 fully saturated rings. The van der Waals surface area contributed by atoms with Gasteiger partial charge in [-0.1, -0.05) is 17.3 Å². The Kier molecular flexibility index (Phi) is 3.34. The molecule has 1 aliphatic rings. The van der Waals surface area contributed by atoms with E-state index in [2.05, 4.69) is 51.0 Å². The van der Waals surface area contributed by atoms with E-state index in [9.17, 15) is 0 Å². The van der Waals surface area contributed by atoms with Gasteiger partial charge in [-0.15, -0.1) is 0 Å². The second-order valence-corrected chi connectivity index (χ2v) is 5.62. The molecule has 94 valence electrons. The minimum Gasteiger partial charge on any atom is -0.334 e. The van der Waals surface area contributed by atoms with Crippen molar-refractivity contribution in [2.24, 2.45) is 0 Å². The third-order valence-corrected chi connectivity index (χ3v) is 4.67. The maximum absolute atomic E-state index is 5.39. The lowest BCUT2D eigenvalue weighted by molar-refractivity contribution is 0.412. The zero-order chi connectivity index (χ0) is 12.5. The Balaban J connectivity index is 1.95. The van der Waals surface area contributed by atoms with Gasteiger partial charge in [0.1, 0.15) is 0 Å². The summed E-state index contributed by atoms with van der Waals surface area (Å²) in [5.74, 6) is 1.40. The van der Waals surface area contributed by atoms with Crippen LogP contribution in [0.3, 0.4) is 0 Å². The fourth-order valence-corrected chi connectivity index (χ4v) is 2.79. The first kappa shape index (κ1) is 12.1. The molecular weight excluding hydrogens is 341 g/mol. The van der Waals surface area contributed by atoms with Crippen LogP contribution < -0.4 is 5.32 Å². The van der Waals surface area contributed by atoms with Gasteiger partial charge in [0.05, 0.1) is 11.6 Å². The molecule has 2 heterocycles. The van der Waals surface area contributed by atoms with Crippen LogP contribution in [0.4, 0.5) is 0 Å². The van der Waals surface area contributed by atoms with Gasteiger partial charge in [0.25, 0.3) is 5.89 Å². The SMILES string of the molecule is Cc1cccc(-c2nc(C3CCCN3)no2)c1I. The van der Waals surface area contributed by atoms with Crippen LogP contribution in [0.1, 0.15) is 30.3 Å². The van der Waals surface area contributed by atoms with Crippen molar-refractivity contribution in [2.45, 2.75) is 25.8 Å². The Morgan fingerprint density at radius 1 is 1.44 bits per heavy atom. The average molecular weight is 355 g/mol. The zero-order valence-electron chi connectivity index (χ0n) is 10.1. The summed E-state index contributed by atoms with van der Waals surface area (Å²) < 4.78 is 6.56. The second-order valence-electron chi connectivity index (χ2n) is 4.54. The molecule has 1 N–H and O–H groups in total. The van der Waals surface area contributed by atoms with Crippen LogP contribution in [0, 0.1) is 10.5 Å². The molecular formula is C13H14IN3O. The molecule has 1 saturated heterocycles. The van der Waals surface area contributed by atoms with Crippen LogP contribution in [0.25, 0.3) is 11.5 Å².